The van der Waals surface area contributed by atoms with Crippen LogP contribution in [0.4, 0.5) is 10.1 Å². The van der Waals surface area contributed by atoms with Crippen molar-refractivity contribution in [1.29, 1.82) is 0 Å². The summed E-state index contributed by atoms with van der Waals surface area (Å²) in [4.78, 5) is 42.9. The van der Waals surface area contributed by atoms with E-state index in [0.717, 1.165) is 34.2 Å². The van der Waals surface area contributed by atoms with Gasteiger partial charge in [-0.1, -0.05) is 41.7 Å². The van der Waals surface area contributed by atoms with Gasteiger partial charge in [-0.25, -0.2) is 9.79 Å². The summed E-state index contributed by atoms with van der Waals surface area (Å²) in [7, 11) is 1.53. The molecule has 0 spiro atoms. The highest BCUT2D eigenvalue weighted by atomic mass is 32.1. The molecule has 0 radical (unpaired) electrons. The molecule has 12 heteroatoms. The van der Waals surface area contributed by atoms with E-state index in [-0.39, 0.29) is 28.2 Å². The van der Waals surface area contributed by atoms with Crippen molar-refractivity contribution in [2.45, 2.75) is 19.9 Å². The highest BCUT2D eigenvalue weighted by molar-refractivity contribution is 7.07. The number of ether oxygens (including phenoxy) is 2. The molecule has 6 rings (SSSR count). The van der Waals surface area contributed by atoms with Crippen LogP contribution in [0.2, 0.25) is 0 Å². The molecule has 0 aliphatic carbocycles. The number of nitrogens with zero attached hydrogens (tertiary/aromatic N) is 3. The van der Waals surface area contributed by atoms with Crippen LogP contribution in [0.5, 0.6) is 5.75 Å². The van der Waals surface area contributed by atoms with Crippen LogP contribution in [0.1, 0.15) is 31.2 Å². The lowest BCUT2D eigenvalue weighted by atomic mass is 9.90. The summed E-state index contributed by atoms with van der Waals surface area (Å²) in [5.41, 5.74) is 0.461. The van der Waals surface area contributed by atoms with E-state index in [1.807, 2.05) is 30.3 Å². The molecular formula is C32H24FN3O7S. The third kappa shape index (κ3) is 4.88. The van der Waals surface area contributed by atoms with Gasteiger partial charge in [0, 0.05) is 23.3 Å². The number of allylic oxidation sites excluding steroid dienone is 1. The number of nitro groups is 1. The van der Waals surface area contributed by atoms with Gasteiger partial charge in [0.25, 0.3) is 5.56 Å². The van der Waals surface area contributed by atoms with E-state index in [1.165, 1.54) is 23.8 Å². The summed E-state index contributed by atoms with van der Waals surface area (Å²) in [6.07, 6.45) is 1.53. The number of furan rings is 1. The Hall–Kier alpha value is -5.36. The highest BCUT2D eigenvalue weighted by Crippen LogP contribution is 2.40. The highest BCUT2D eigenvalue weighted by Gasteiger charge is 2.36. The number of carbonyl (C=O) groups is 1. The van der Waals surface area contributed by atoms with Gasteiger partial charge in [-0.2, -0.15) is 4.39 Å². The van der Waals surface area contributed by atoms with Gasteiger partial charge in [0.2, 0.25) is 5.82 Å². The van der Waals surface area contributed by atoms with Crippen LogP contribution < -0.4 is 19.6 Å². The largest absolute Gasteiger partial charge is 0.496 e. The Morgan fingerprint density at radius 1 is 1.18 bits per heavy atom. The van der Waals surface area contributed by atoms with Gasteiger partial charge in [-0.15, -0.1) is 0 Å². The first-order valence-corrected chi connectivity index (χ1v) is 14.3. The predicted octanol–water partition coefficient (Wildman–Crippen LogP) is 5.27. The van der Waals surface area contributed by atoms with Gasteiger partial charge in [-0.05, 0) is 55.0 Å². The minimum absolute atomic E-state index is 0.136. The Bertz CT molecular complexity index is 2200. The number of rotatable bonds is 7. The number of esters is 1. The van der Waals surface area contributed by atoms with E-state index in [2.05, 4.69) is 4.99 Å². The second-order valence-electron chi connectivity index (χ2n) is 9.83. The zero-order valence-corrected chi connectivity index (χ0v) is 24.5. The van der Waals surface area contributed by atoms with E-state index in [0.29, 0.717) is 27.4 Å². The van der Waals surface area contributed by atoms with Crippen molar-refractivity contribution >= 4 is 39.8 Å². The Balaban J connectivity index is 1.54. The van der Waals surface area contributed by atoms with E-state index in [1.54, 1.807) is 32.0 Å². The number of carbonyl (C=O) groups excluding carboxylic acids is 1. The molecule has 1 aliphatic heterocycles. The molecule has 0 saturated carbocycles. The van der Waals surface area contributed by atoms with Crippen LogP contribution in [0.25, 0.3) is 28.2 Å². The maximum absolute atomic E-state index is 14.1. The molecule has 0 fully saturated rings. The Labute approximate surface area is 252 Å². The van der Waals surface area contributed by atoms with Crippen molar-refractivity contribution in [3.05, 3.63) is 125 Å². The first-order chi connectivity index (χ1) is 21.2. The first-order valence-electron chi connectivity index (χ1n) is 13.5. The SMILES string of the molecule is CCOC(=O)C1=C(C)N=c2s/c(=C\c3ccc(-c4ccc(F)c([N+](=O)[O-])c4)o3)c(=O)n2[C@@H]1c1c(OC)ccc2ccccc12. The fraction of sp³-hybridized carbons (Fsp3) is 0.156. The monoisotopic (exact) mass is 613 g/mol. The molecule has 1 atom stereocenters. The van der Waals surface area contributed by atoms with Crippen molar-refractivity contribution < 1.29 is 28.0 Å². The standard InChI is InChI=1S/C32H24FN3O7S/c1-4-42-31(38)27-17(2)34-32-35(29(27)28-21-8-6-5-7-18(21)10-13-25(28)41-3)30(37)26(44-32)16-20-11-14-24(43-20)19-9-12-22(33)23(15-19)36(39)40/h5-16,29H,4H2,1-3H3/b26-16-/t29-/m0/s1. The van der Waals surface area contributed by atoms with Crippen LogP contribution >= 0.6 is 11.3 Å². The van der Waals surface area contributed by atoms with Crippen LogP contribution in [-0.2, 0) is 9.53 Å². The summed E-state index contributed by atoms with van der Waals surface area (Å²) in [6, 6.07) is 17.1. The first kappa shape index (κ1) is 28.7. The third-order valence-corrected chi connectivity index (χ3v) is 8.25. The minimum atomic E-state index is -0.957. The number of methoxy groups -OCH3 is 1. The molecule has 10 nitrogen and oxygen atoms in total. The maximum atomic E-state index is 14.1. The molecule has 5 aromatic rings. The minimum Gasteiger partial charge on any atom is -0.496 e. The lowest BCUT2D eigenvalue weighted by Crippen LogP contribution is -2.40. The van der Waals surface area contributed by atoms with Gasteiger partial charge in [0.15, 0.2) is 4.80 Å². The zero-order valence-electron chi connectivity index (χ0n) is 23.7. The van der Waals surface area contributed by atoms with Crippen LogP contribution in [0, 0.1) is 15.9 Å². The Morgan fingerprint density at radius 3 is 2.73 bits per heavy atom. The Morgan fingerprint density at radius 2 is 1.98 bits per heavy atom. The Kier molecular flexibility index (Phi) is 7.43. The smallest absolute Gasteiger partial charge is 0.338 e. The fourth-order valence-electron chi connectivity index (χ4n) is 5.32. The molecule has 3 aromatic carbocycles. The van der Waals surface area contributed by atoms with E-state index in [9.17, 15) is 24.1 Å². The van der Waals surface area contributed by atoms with Crippen molar-refractivity contribution in [2.24, 2.45) is 4.99 Å². The van der Waals surface area contributed by atoms with Gasteiger partial charge >= 0.3 is 11.7 Å². The van der Waals surface area contributed by atoms with E-state index < -0.39 is 34.0 Å². The van der Waals surface area contributed by atoms with Gasteiger partial charge < -0.3 is 13.9 Å². The van der Waals surface area contributed by atoms with Gasteiger partial charge in [0.05, 0.1) is 34.4 Å². The van der Waals surface area contributed by atoms with Crippen LogP contribution in [-0.4, -0.2) is 29.2 Å². The molecule has 3 heterocycles. The molecule has 1 aliphatic rings. The lowest BCUT2D eigenvalue weighted by molar-refractivity contribution is -0.387. The predicted molar refractivity (Wildman–Crippen MR) is 162 cm³/mol. The second-order valence-corrected chi connectivity index (χ2v) is 10.8. The van der Waals surface area contributed by atoms with E-state index >= 15 is 0 Å². The van der Waals surface area contributed by atoms with Crippen molar-refractivity contribution in [1.82, 2.24) is 4.57 Å². The molecule has 222 valence electrons. The summed E-state index contributed by atoms with van der Waals surface area (Å²) < 4.78 is 32.7. The van der Waals surface area contributed by atoms with E-state index in [4.69, 9.17) is 13.9 Å². The molecule has 0 amide bonds. The summed E-state index contributed by atoms with van der Waals surface area (Å²) >= 11 is 1.12. The second kappa shape index (κ2) is 11.4. The lowest BCUT2D eigenvalue weighted by Gasteiger charge is -2.27. The number of aromatic nitrogens is 1. The summed E-state index contributed by atoms with van der Waals surface area (Å²) in [5, 5.41) is 12.9. The van der Waals surface area contributed by atoms with Crippen molar-refractivity contribution in [2.75, 3.05) is 13.7 Å². The van der Waals surface area contributed by atoms with Gasteiger partial charge in [0.1, 0.15) is 23.3 Å². The molecule has 2 aromatic heterocycles. The number of halogens is 1. The average Bonchev–Trinajstić information content (AvgIpc) is 3.60. The number of hydrogen-bond acceptors (Lipinski definition) is 9. The summed E-state index contributed by atoms with van der Waals surface area (Å²) in [6.45, 7) is 3.55. The number of fused-ring (bicyclic) bond motifs is 2. The maximum Gasteiger partial charge on any atom is 0.338 e. The van der Waals surface area contributed by atoms with Crippen molar-refractivity contribution in [3.8, 4) is 17.1 Å². The van der Waals surface area contributed by atoms with Crippen molar-refractivity contribution in [3.63, 3.8) is 0 Å². The normalized spacial score (nSPS) is 14.8. The average molecular weight is 614 g/mol. The molecule has 44 heavy (non-hydrogen) atoms. The van der Waals surface area contributed by atoms with Gasteiger partial charge in [-0.3, -0.25) is 19.5 Å². The number of nitro benzene ring substituents is 1. The number of benzene rings is 3. The summed E-state index contributed by atoms with van der Waals surface area (Å²) in [5.74, 6) is -0.513. The number of hydrogen-bond donors (Lipinski definition) is 0. The molecular weight excluding hydrogens is 589 g/mol. The number of thiazole rings is 1. The zero-order chi connectivity index (χ0) is 31.1. The third-order valence-electron chi connectivity index (χ3n) is 7.27. The topological polar surface area (TPSA) is 126 Å². The molecule has 0 bridgehead atoms. The molecule has 0 saturated heterocycles. The van der Waals surface area contributed by atoms with Crippen LogP contribution in [0.15, 0.2) is 92.2 Å². The van der Waals surface area contributed by atoms with Crippen LogP contribution in [0.3, 0.4) is 0 Å². The fourth-order valence-corrected chi connectivity index (χ4v) is 6.35. The quantitative estimate of drug-likeness (QED) is 0.139. The molecule has 0 N–H and O–H groups in total. The molecule has 0 unspecified atom stereocenters.